The van der Waals surface area contributed by atoms with E-state index in [0.717, 1.165) is 30.6 Å². The van der Waals surface area contributed by atoms with Gasteiger partial charge in [-0.05, 0) is 39.8 Å². The van der Waals surface area contributed by atoms with Gasteiger partial charge in [0.2, 0.25) is 0 Å². The van der Waals surface area contributed by atoms with Crippen molar-refractivity contribution in [3.05, 3.63) is 42.8 Å². The van der Waals surface area contributed by atoms with Crippen LogP contribution < -0.4 is 5.32 Å². The SMILES string of the molecule is Cc1cc(C2=C(c3cc(C)sc3C)C(=O)NC2=O)c(C)s1. The molecule has 0 bridgehead atoms. The van der Waals surface area contributed by atoms with Gasteiger partial charge in [0.1, 0.15) is 0 Å². The Hall–Kier alpha value is -1.72. The summed E-state index contributed by atoms with van der Waals surface area (Å²) >= 11 is 3.29. The Bertz CT molecular complexity index is 742. The molecule has 3 nitrogen and oxygen atoms in total. The predicted octanol–water partition coefficient (Wildman–Crippen LogP) is 3.61. The van der Waals surface area contributed by atoms with Crippen LogP contribution in [0.4, 0.5) is 0 Å². The average molecular weight is 317 g/mol. The Morgan fingerprint density at radius 1 is 0.762 bits per heavy atom. The van der Waals surface area contributed by atoms with E-state index in [1.807, 2.05) is 39.8 Å². The molecule has 1 aliphatic rings. The first kappa shape index (κ1) is 14.2. The molecule has 21 heavy (non-hydrogen) atoms. The van der Waals surface area contributed by atoms with E-state index in [9.17, 15) is 9.59 Å². The van der Waals surface area contributed by atoms with E-state index in [1.165, 1.54) is 0 Å². The molecule has 0 unspecified atom stereocenters. The van der Waals surface area contributed by atoms with E-state index in [-0.39, 0.29) is 11.8 Å². The van der Waals surface area contributed by atoms with Crippen molar-refractivity contribution >= 4 is 45.6 Å². The second kappa shape index (κ2) is 4.93. The van der Waals surface area contributed by atoms with Crippen molar-refractivity contribution in [3.8, 4) is 0 Å². The fourth-order valence-electron chi connectivity index (χ4n) is 2.73. The van der Waals surface area contributed by atoms with Crippen LogP contribution in [0.5, 0.6) is 0 Å². The molecule has 5 heteroatoms. The van der Waals surface area contributed by atoms with E-state index in [0.29, 0.717) is 11.1 Å². The highest BCUT2D eigenvalue weighted by molar-refractivity contribution is 7.12. The number of carbonyl (C=O) groups is 2. The van der Waals surface area contributed by atoms with E-state index in [2.05, 4.69) is 5.32 Å². The third-order valence-electron chi connectivity index (χ3n) is 3.55. The van der Waals surface area contributed by atoms with Gasteiger partial charge < -0.3 is 0 Å². The highest BCUT2D eigenvalue weighted by Crippen LogP contribution is 2.38. The summed E-state index contributed by atoms with van der Waals surface area (Å²) in [5, 5.41) is 2.44. The molecule has 1 aliphatic heterocycles. The lowest BCUT2D eigenvalue weighted by molar-refractivity contribution is -0.122. The Labute approximate surface area is 131 Å². The zero-order valence-corrected chi connectivity index (χ0v) is 13.9. The van der Waals surface area contributed by atoms with Gasteiger partial charge in [0.25, 0.3) is 11.8 Å². The standard InChI is InChI=1S/C16H15NO2S2/c1-7-5-11(9(3)20-7)13-14(16(19)17-15(13)18)12-6-8(2)21-10(12)4/h5-6H,1-4H3,(H,17,18,19). The number of carbonyl (C=O) groups excluding carboxylic acids is 2. The molecule has 3 heterocycles. The van der Waals surface area contributed by atoms with Crippen LogP contribution in [0.3, 0.4) is 0 Å². The summed E-state index contributed by atoms with van der Waals surface area (Å²) in [4.78, 5) is 28.9. The van der Waals surface area contributed by atoms with Crippen LogP contribution in [0.25, 0.3) is 11.1 Å². The van der Waals surface area contributed by atoms with Crippen molar-refractivity contribution in [1.82, 2.24) is 5.32 Å². The summed E-state index contributed by atoms with van der Waals surface area (Å²) in [6, 6.07) is 3.98. The molecule has 0 aliphatic carbocycles. The molecule has 0 saturated carbocycles. The first-order valence-electron chi connectivity index (χ1n) is 6.63. The van der Waals surface area contributed by atoms with Crippen molar-refractivity contribution in [2.24, 2.45) is 0 Å². The molecular formula is C16H15NO2S2. The third kappa shape index (κ3) is 2.26. The maximum atomic E-state index is 12.3. The fourth-order valence-corrected chi connectivity index (χ4v) is 4.59. The van der Waals surface area contributed by atoms with Gasteiger partial charge in [-0.25, -0.2) is 0 Å². The summed E-state index contributed by atoms with van der Waals surface area (Å²) < 4.78 is 0. The van der Waals surface area contributed by atoms with E-state index in [1.54, 1.807) is 22.7 Å². The van der Waals surface area contributed by atoms with Gasteiger partial charge in [-0.15, -0.1) is 22.7 Å². The number of nitrogens with one attached hydrogen (secondary N) is 1. The molecule has 0 aromatic carbocycles. The summed E-state index contributed by atoms with van der Waals surface area (Å²) in [5.41, 5.74) is 2.78. The lowest BCUT2D eigenvalue weighted by Crippen LogP contribution is -2.22. The average Bonchev–Trinajstić information content (AvgIpc) is 2.96. The highest BCUT2D eigenvalue weighted by Gasteiger charge is 2.34. The number of hydrogen-bond acceptors (Lipinski definition) is 4. The first-order valence-corrected chi connectivity index (χ1v) is 8.26. The molecule has 0 fully saturated rings. The number of aryl methyl sites for hydroxylation is 4. The smallest absolute Gasteiger partial charge is 0.259 e. The van der Waals surface area contributed by atoms with Crippen LogP contribution >= 0.6 is 22.7 Å². The number of amides is 2. The molecule has 1 N–H and O–H groups in total. The number of hydrogen-bond donors (Lipinski definition) is 1. The van der Waals surface area contributed by atoms with Gasteiger partial charge in [0.15, 0.2) is 0 Å². The fraction of sp³-hybridized carbons (Fsp3) is 0.250. The third-order valence-corrected chi connectivity index (χ3v) is 5.48. The molecule has 2 aromatic heterocycles. The monoisotopic (exact) mass is 317 g/mol. The first-order chi connectivity index (χ1) is 9.88. The van der Waals surface area contributed by atoms with E-state index < -0.39 is 0 Å². The number of thiophene rings is 2. The van der Waals surface area contributed by atoms with Crippen molar-refractivity contribution in [1.29, 1.82) is 0 Å². The summed E-state index contributed by atoms with van der Waals surface area (Å²) in [6.07, 6.45) is 0. The molecule has 0 radical (unpaired) electrons. The molecule has 2 aromatic rings. The van der Waals surface area contributed by atoms with Gasteiger partial charge >= 0.3 is 0 Å². The largest absolute Gasteiger partial charge is 0.288 e. The minimum absolute atomic E-state index is 0.292. The van der Waals surface area contributed by atoms with Gasteiger partial charge in [-0.1, -0.05) is 0 Å². The quantitative estimate of drug-likeness (QED) is 0.860. The predicted molar refractivity (Wildman–Crippen MR) is 87.5 cm³/mol. The highest BCUT2D eigenvalue weighted by atomic mass is 32.1. The second-order valence-electron chi connectivity index (χ2n) is 5.19. The Balaban J connectivity index is 2.30. The van der Waals surface area contributed by atoms with E-state index in [4.69, 9.17) is 0 Å². The normalized spacial score (nSPS) is 15.0. The van der Waals surface area contributed by atoms with E-state index >= 15 is 0 Å². The summed E-state index contributed by atoms with van der Waals surface area (Å²) in [5.74, 6) is -0.585. The number of imide groups is 1. The van der Waals surface area contributed by atoms with Crippen molar-refractivity contribution in [2.45, 2.75) is 27.7 Å². The molecule has 108 valence electrons. The van der Waals surface area contributed by atoms with Crippen molar-refractivity contribution in [3.63, 3.8) is 0 Å². The minimum atomic E-state index is -0.292. The summed E-state index contributed by atoms with van der Waals surface area (Å²) in [6.45, 7) is 7.99. The van der Waals surface area contributed by atoms with Gasteiger partial charge in [-0.3, -0.25) is 14.9 Å². The molecule has 0 atom stereocenters. The van der Waals surface area contributed by atoms with Crippen LogP contribution in [0.2, 0.25) is 0 Å². The van der Waals surface area contributed by atoms with Gasteiger partial charge in [0.05, 0.1) is 11.1 Å². The Morgan fingerprint density at radius 3 is 1.43 bits per heavy atom. The van der Waals surface area contributed by atoms with Gasteiger partial charge in [-0.2, -0.15) is 0 Å². The number of rotatable bonds is 2. The molecule has 2 amide bonds. The Morgan fingerprint density at radius 2 is 1.14 bits per heavy atom. The molecule has 0 saturated heterocycles. The topological polar surface area (TPSA) is 46.2 Å². The zero-order chi connectivity index (χ0) is 15.3. The summed E-state index contributed by atoms with van der Waals surface area (Å²) in [7, 11) is 0. The van der Waals surface area contributed by atoms with Crippen LogP contribution in [0.15, 0.2) is 12.1 Å². The molecular weight excluding hydrogens is 302 g/mol. The van der Waals surface area contributed by atoms with Crippen molar-refractivity contribution < 1.29 is 9.59 Å². The van der Waals surface area contributed by atoms with Crippen LogP contribution in [0.1, 0.15) is 30.6 Å². The van der Waals surface area contributed by atoms with Gasteiger partial charge in [0, 0.05) is 30.6 Å². The van der Waals surface area contributed by atoms with Crippen molar-refractivity contribution in [2.75, 3.05) is 0 Å². The Kier molecular flexibility index (Phi) is 3.34. The van der Waals surface area contributed by atoms with Crippen LogP contribution in [-0.2, 0) is 9.59 Å². The molecule has 3 rings (SSSR count). The maximum absolute atomic E-state index is 12.3. The lowest BCUT2D eigenvalue weighted by atomic mass is 9.97. The zero-order valence-electron chi connectivity index (χ0n) is 12.3. The van der Waals surface area contributed by atoms with Crippen LogP contribution in [-0.4, -0.2) is 11.8 Å². The lowest BCUT2D eigenvalue weighted by Gasteiger charge is -2.03. The maximum Gasteiger partial charge on any atom is 0.259 e. The van der Waals surface area contributed by atoms with Crippen LogP contribution in [0, 0.1) is 27.7 Å². The second-order valence-corrected chi connectivity index (χ2v) is 8.11. The molecule has 0 spiro atoms. The minimum Gasteiger partial charge on any atom is -0.288 e.